The van der Waals surface area contributed by atoms with Gasteiger partial charge in [0.05, 0.1) is 4.90 Å². The van der Waals surface area contributed by atoms with Gasteiger partial charge in [-0.2, -0.15) is 17.5 Å². The van der Waals surface area contributed by atoms with Crippen LogP contribution in [0.4, 0.5) is 13.2 Å². The lowest BCUT2D eigenvalue weighted by Crippen LogP contribution is -2.39. The smallest absolute Gasteiger partial charge is 0.309 e. The third-order valence-electron chi connectivity index (χ3n) is 3.16. The first-order valence-electron chi connectivity index (χ1n) is 6.60. The van der Waals surface area contributed by atoms with E-state index in [1.54, 1.807) is 5.38 Å². The minimum atomic E-state index is -4.55. The number of hydrogen-bond donors (Lipinski definition) is 1. The SMILES string of the molecule is CCN(CC(F)(F)F)S(=O)(=O)c1ccsc1CNC1CC1. The van der Waals surface area contributed by atoms with Crippen LogP contribution in [0.15, 0.2) is 16.3 Å². The van der Waals surface area contributed by atoms with E-state index in [2.05, 4.69) is 5.32 Å². The molecule has 0 radical (unpaired) electrons. The number of nitrogens with zero attached hydrogens (tertiary/aromatic N) is 1. The van der Waals surface area contributed by atoms with Crippen molar-refractivity contribution >= 4 is 21.4 Å². The van der Waals surface area contributed by atoms with Gasteiger partial charge in [0.25, 0.3) is 0 Å². The first-order valence-corrected chi connectivity index (χ1v) is 8.92. The van der Waals surface area contributed by atoms with Gasteiger partial charge in [-0.15, -0.1) is 11.3 Å². The molecule has 0 spiro atoms. The molecule has 21 heavy (non-hydrogen) atoms. The summed E-state index contributed by atoms with van der Waals surface area (Å²) in [7, 11) is -4.12. The zero-order chi connectivity index (χ0) is 15.7. The number of halogens is 3. The van der Waals surface area contributed by atoms with Gasteiger partial charge in [0.15, 0.2) is 0 Å². The molecule has 2 rings (SSSR count). The van der Waals surface area contributed by atoms with Crippen LogP contribution < -0.4 is 5.32 Å². The van der Waals surface area contributed by atoms with Gasteiger partial charge in [-0.25, -0.2) is 8.42 Å². The summed E-state index contributed by atoms with van der Waals surface area (Å²) in [4.78, 5) is 0.536. The molecule has 1 aliphatic rings. The van der Waals surface area contributed by atoms with Gasteiger partial charge >= 0.3 is 6.18 Å². The number of alkyl halides is 3. The lowest BCUT2D eigenvalue weighted by molar-refractivity contribution is -0.135. The standard InChI is InChI=1S/C12H17F3N2O2S2/c1-2-17(8-12(13,14)15)21(18,19)11-5-6-20-10(11)7-16-9-3-4-9/h5-6,9,16H,2-4,7-8H2,1H3. The highest BCUT2D eigenvalue weighted by Crippen LogP contribution is 2.28. The normalized spacial score (nSPS) is 16.6. The molecule has 1 heterocycles. The van der Waals surface area contributed by atoms with E-state index in [1.165, 1.54) is 24.3 Å². The second-order valence-corrected chi connectivity index (χ2v) is 7.82. The van der Waals surface area contributed by atoms with Crippen molar-refractivity contribution in [3.63, 3.8) is 0 Å². The quantitative estimate of drug-likeness (QED) is 0.829. The maximum Gasteiger partial charge on any atom is 0.402 e. The Labute approximate surface area is 126 Å². The minimum absolute atomic E-state index is 0.0215. The van der Waals surface area contributed by atoms with E-state index in [0.717, 1.165) is 12.8 Å². The molecule has 1 aromatic heterocycles. The van der Waals surface area contributed by atoms with Crippen molar-refractivity contribution in [2.75, 3.05) is 13.1 Å². The summed E-state index contributed by atoms with van der Waals surface area (Å²) >= 11 is 1.24. The van der Waals surface area contributed by atoms with Gasteiger partial charge in [-0.3, -0.25) is 0 Å². The minimum Gasteiger partial charge on any atom is -0.309 e. The maximum atomic E-state index is 12.5. The molecule has 0 unspecified atom stereocenters. The summed E-state index contributed by atoms with van der Waals surface area (Å²) in [6.45, 7) is 0.0998. The lowest BCUT2D eigenvalue weighted by Gasteiger charge is -2.22. The Bertz CT molecular complexity index is 580. The van der Waals surface area contributed by atoms with E-state index in [1.807, 2.05) is 0 Å². The first-order chi connectivity index (χ1) is 9.74. The van der Waals surface area contributed by atoms with Gasteiger partial charge in [0, 0.05) is 24.0 Å². The van der Waals surface area contributed by atoms with E-state index >= 15 is 0 Å². The molecule has 1 aliphatic carbocycles. The zero-order valence-electron chi connectivity index (χ0n) is 11.5. The Hall–Kier alpha value is -0.640. The Kier molecular flexibility index (Phi) is 4.96. The second kappa shape index (κ2) is 6.23. The van der Waals surface area contributed by atoms with E-state index < -0.39 is 22.7 Å². The third-order valence-corrected chi connectivity index (χ3v) is 6.21. The molecule has 0 bridgehead atoms. The third kappa shape index (κ3) is 4.41. The Morgan fingerprint density at radius 2 is 2.10 bits per heavy atom. The van der Waals surface area contributed by atoms with Crippen LogP contribution in [-0.2, 0) is 16.6 Å². The number of nitrogens with one attached hydrogen (secondary N) is 1. The summed E-state index contributed by atoms with van der Waals surface area (Å²) in [5, 5.41) is 4.78. The molecule has 0 aromatic carbocycles. The lowest BCUT2D eigenvalue weighted by atomic mass is 10.4. The molecule has 0 amide bonds. The van der Waals surface area contributed by atoms with Crippen molar-refractivity contribution in [1.82, 2.24) is 9.62 Å². The molecule has 1 saturated carbocycles. The van der Waals surface area contributed by atoms with Gasteiger partial charge in [0.2, 0.25) is 10.0 Å². The van der Waals surface area contributed by atoms with E-state index in [-0.39, 0.29) is 11.4 Å². The van der Waals surface area contributed by atoms with Crippen molar-refractivity contribution in [3.8, 4) is 0 Å². The molecule has 1 N–H and O–H groups in total. The first kappa shape index (κ1) is 16.7. The molecule has 0 saturated heterocycles. The fourth-order valence-corrected chi connectivity index (χ4v) is 4.72. The average molecular weight is 342 g/mol. The van der Waals surface area contributed by atoms with Crippen molar-refractivity contribution in [2.45, 2.75) is 43.4 Å². The van der Waals surface area contributed by atoms with Crippen molar-refractivity contribution in [3.05, 3.63) is 16.3 Å². The Morgan fingerprint density at radius 3 is 2.62 bits per heavy atom. The van der Waals surface area contributed by atoms with E-state index in [9.17, 15) is 21.6 Å². The zero-order valence-corrected chi connectivity index (χ0v) is 13.1. The Balaban J connectivity index is 2.18. The van der Waals surface area contributed by atoms with Crippen LogP contribution in [0, 0.1) is 0 Å². The fourth-order valence-electron chi connectivity index (χ4n) is 1.92. The average Bonchev–Trinajstić information content (AvgIpc) is 3.08. The van der Waals surface area contributed by atoms with Crippen LogP contribution in [0.2, 0.25) is 0 Å². The summed E-state index contributed by atoms with van der Waals surface area (Å²) in [5.41, 5.74) is 0. The van der Waals surface area contributed by atoms with Crippen LogP contribution in [0.25, 0.3) is 0 Å². The highest BCUT2D eigenvalue weighted by atomic mass is 32.2. The number of rotatable bonds is 7. The maximum absolute atomic E-state index is 12.5. The predicted molar refractivity (Wildman–Crippen MR) is 74.7 cm³/mol. The molecule has 0 atom stereocenters. The van der Waals surface area contributed by atoms with Crippen LogP contribution in [0.5, 0.6) is 0 Å². The number of sulfonamides is 1. The Morgan fingerprint density at radius 1 is 1.43 bits per heavy atom. The van der Waals surface area contributed by atoms with Crippen LogP contribution >= 0.6 is 11.3 Å². The molecular formula is C12H17F3N2O2S2. The van der Waals surface area contributed by atoms with Crippen LogP contribution in [0.1, 0.15) is 24.6 Å². The van der Waals surface area contributed by atoms with Crippen LogP contribution in [-0.4, -0.2) is 38.0 Å². The largest absolute Gasteiger partial charge is 0.402 e. The monoisotopic (exact) mass is 342 g/mol. The van der Waals surface area contributed by atoms with Crippen molar-refractivity contribution < 1.29 is 21.6 Å². The molecular weight excluding hydrogens is 325 g/mol. The van der Waals surface area contributed by atoms with Crippen LogP contribution in [0.3, 0.4) is 0 Å². The van der Waals surface area contributed by atoms with Crippen molar-refractivity contribution in [2.24, 2.45) is 0 Å². The van der Waals surface area contributed by atoms with Gasteiger partial charge < -0.3 is 5.32 Å². The summed E-state index contributed by atoms with van der Waals surface area (Å²) in [6.07, 6.45) is -2.43. The molecule has 9 heteroatoms. The highest BCUT2D eigenvalue weighted by molar-refractivity contribution is 7.89. The fraction of sp³-hybridized carbons (Fsp3) is 0.667. The molecule has 0 aliphatic heterocycles. The van der Waals surface area contributed by atoms with E-state index in [4.69, 9.17) is 0 Å². The molecule has 120 valence electrons. The van der Waals surface area contributed by atoms with E-state index in [0.29, 0.717) is 21.8 Å². The molecule has 1 aromatic rings. The summed E-state index contributed by atoms with van der Waals surface area (Å²) in [6, 6.07) is 1.78. The molecule has 4 nitrogen and oxygen atoms in total. The van der Waals surface area contributed by atoms with Crippen molar-refractivity contribution in [1.29, 1.82) is 0 Å². The van der Waals surface area contributed by atoms with Gasteiger partial charge in [-0.05, 0) is 24.3 Å². The summed E-state index contributed by atoms with van der Waals surface area (Å²) in [5.74, 6) is 0. The van der Waals surface area contributed by atoms with Gasteiger partial charge in [-0.1, -0.05) is 6.92 Å². The topological polar surface area (TPSA) is 49.4 Å². The number of thiophene rings is 1. The highest BCUT2D eigenvalue weighted by Gasteiger charge is 2.37. The predicted octanol–water partition coefficient (Wildman–Crippen LogP) is 2.57. The van der Waals surface area contributed by atoms with Gasteiger partial charge in [0.1, 0.15) is 6.54 Å². The summed E-state index contributed by atoms with van der Waals surface area (Å²) < 4.78 is 62.8. The molecule has 1 fully saturated rings. The number of hydrogen-bond acceptors (Lipinski definition) is 4. The second-order valence-electron chi connectivity index (χ2n) is 4.91.